The zero-order chi connectivity index (χ0) is 12.0. The topological polar surface area (TPSA) is 8.17 Å². The number of aryl methyl sites for hydroxylation is 1. The lowest BCUT2D eigenvalue weighted by atomic mass is 10.1. The average molecular weight is 224 g/mol. The lowest BCUT2D eigenvalue weighted by Crippen LogP contribution is -2.09. The van der Waals surface area contributed by atoms with Crippen molar-refractivity contribution in [3.63, 3.8) is 0 Å². The number of hydrogen-bond donors (Lipinski definition) is 0. The summed E-state index contributed by atoms with van der Waals surface area (Å²) in [6.45, 7) is 0. The summed E-state index contributed by atoms with van der Waals surface area (Å²) in [6, 6.07) is 13.0. The van der Waals surface area contributed by atoms with Gasteiger partial charge in [-0.1, -0.05) is 24.3 Å². The molecule has 86 valence electrons. The normalized spacial score (nSPS) is 11.2. The Morgan fingerprint density at radius 1 is 0.941 bits per heavy atom. The fourth-order valence-corrected chi connectivity index (χ4v) is 2.51. The Kier molecular flexibility index (Phi) is 2.11. The van der Waals surface area contributed by atoms with Crippen LogP contribution >= 0.6 is 0 Å². The first-order valence-electron chi connectivity index (χ1n) is 5.82. The number of nitrogens with zero attached hydrogens (tertiary/aromatic N) is 2. The first-order valence-corrected chi connectivity index (χ1v) is 5.82. The fraction of sp³-hybridized carbons (Fsp3) is 0.200. The molecule has 2 aromatic carbocycles. The van der Waals surface area contributed by atoms with Gasteiger partial charge in [-0.15, -0.1) is 0 Å². The zero-order valence-corrected chi connectivity index (χ0v) is 10.4. The molecule has 1 heterocycles. The molecular weight excluding hydrogens is 208 g/mol. The Hall–Kier alpha value is -1.96. The number of hydrogen-bond acceptors (Lipinski definition) is 1. The Labute approximate surface area is 101 Å². The summed E-state index contributed by atoms with van der Waals surface area (Å²) in [6.07, 6.45) is 2.12. The van der Waals surface area contributed by atoms with Gasteiger partial charge in [0.05, 0.1) is 5.52 Å². The third-order valence-corrected chi connectivity index (χ3v) is 3.34. The molecular formula is C15H16N2. The van der Waals surface area contributed by atoms with Gasteiger partial charge in [0.25, 0.3) is 0 Å². The van der Waals surface area contributed by atoms with E-state index in [0.717, 1.165) is 0 Å². The second-order valence-electron chi connectivity index (χ2n) is 4.70. The third-order valence-electron chi connectivity index (χ3n) is 3.34. The van der Waals surface area contributed by atoms with Crippen molar-refractivity contribution < 1.29 is 0 Å². The Morgan fingerprint density at radius 3 is 2.47 bits per heavy atom. The molecule has 3 rings (SSSR count). The fourth-order valence-electron chi connectivity index (χ4n) is 2.51. The van der Waals surface area contributed by atoms with Crippen LogP contribution in [0.15, 0.2) is 42.6 Å². The van der Waals surface area contributed by atoms with Crippen LogP contribution in [0.1, 0.15) is 0 Å². The minimum absolute atomic E-state index is 1.27. The van der Waals surface area contributed by atoms with E-state index in [1.165, 1.54) is 27.4 Å². The van der Waals surface area contributed by atoms with Gasteiger partial charge in [0, 0.05) is 43.8 Å². The summed E-state index contributed by atoms with van der Waals surface area (Å²) in [5, 5.41) is 3.93. The lowest BCUT2D eigenvalue weighted by Gasteiger charge is -2.16. The smallest absolute Gasteiger partial charge is 0.0578 e. The highest BCUT2D eigenvalue weighted by atomic mass is 15.1. The van der Waals surface area contributed by atoms with E-state index in [2.05, 4.69) is 73.2 Å². The van der Waals surface area contributed by atoms with Crippen LogP contribution in [0.4, 0.5) is 5.69 Å². The van der Waals surface area contributed by atoms with Gasteiger partial charge in [0.15, 0.2) is 0 Å². The Balaban J connectivity index is 2.58. The van der Waals surface area contributed by atoms with E-state index in [0.29, 0.717) is 0 Å². The highest BCUT2D eigenvalue weighted by molar-refractivity contribution is 6.12. The van der Waals surface area contributed by atoms with Crippen LogP contribution in [-0.2, 0) is 7.05 Å². The lowest BCUT2D eigenvalue weighted by molar-refractivity contribution is 0.972. The summed E-state index contributed by atoms with van der Waals surface area (Å²) < 4.78 is 2.20. The molecule has 0 saturated carbocycles. The Morgan fingerprint density at radius 2 is 1.71 bits per heavy atom. The highest BCUT2D eigenvalue weighted by Gasteiger charge is 2.09. The first-order chi connectivity index (χ1) is 8.18. The van der Waals surface area contributed by atoms with Gasteiger partial charge in [-0.3, -0.25) is 0 Å². The van der Waals surface area contributed by atoms with E-state index in [-0.39, 0.29) is 0 Å². The van der Waals surface area contributed by atoms with E-state index in [1.807, 2.05) is 0 Å². The van der Waals surface area contributed by atoms with Crippen molar-refractivity contribution in [2.24, 2.45) is 7.05 Å². The van der Waals surface area contributed by atoms with E-state index in [9.17, 15) is 0 Å². The minimum Gasteiger partial charge on any atom is -0.377 e. The molecule has 0 aliphatic heterocycles. The molecule has 0 atom stereocenters. The van der Waals surface area contributed by atoms with Crippen molar-refractivity contribution >= 4 is 27.4 Å². The van der Waals surface area contributed by atoms with Crippen LogP contribution in [0.3, 0.4) is 0 Å². The van der Waals surface area contributed by atoms with E-state index >= 15 is 0 Å². The van der Waals surface area contributed by atoms with Gasteiger partial charge in [-0.05, 0) is 17.5 Å². The number of benzene rings is 2. The summed E-state index contributed by atoms with van der Waals surface area (Å²) >= 11 is 0. The molecule has 2 heteroatoms. The van der Waals surface area contributed by atoms with Crippen LogP contribution in [0, 0.1) is 0 Å². The zero-order valence-electron chi connectivity index (χ0n) is 10.4. The third kappa shape index (κ3) is 1.41. The van der Waals surface area contributed by atoms with Crippen LogP contribution < -0.4 is 4.90 Å². The SMILES string of the molecule is CN(C)c1cccc2ccc3ccn(C)c3c12. The molecule has 2 nitrogen and oxygen atoms in total. The number of anilines is 1. The predicted octanol–water partition coefficient (Wildman–Crippen LogP) is 3.40. The van der Waals surface area contributed by atoms with Gasteiger partial charge < -0.3 is 9.47 Å². The van der Waals surface area contributed by atoms with Crippen molar-refractivity contribution in [3.8, 4) is 0 Å². The van der Waals surface area contributed by atoms with Gasteiger partial charge >= 0.3 is 0 Å². The molecule has 0 fully saturated rings. The van der Waals surface area contributed by atoms with Crippen molar-refractivity contribution in [3.05, 3.63) is 42.6 Å². The molecule has 0 N–H and O–H groups in total. The first kappa shape index (κ1) is 10.2. The molecule has 0 saturated heterocycles. The maximum Gasteiger partial charge on any atom is 0.0578 e. The standard InChI is InChI=1S/C15H16N2/c1-16(2)13-6-4-5-11-7-8-12-9-10-17(3)15(12)14(11)13/h4-10H,1-3H3. The summed E-state index contributed by atoms with van der Waals surface area (Å²) in [5.74, 6) is 0. The quantitative estimate of drug-likeness (QED) is 0.615. The molecule has 3 aromatic rings. The summed E-state index contributed by atoms with van der Waals surface area (Å²) in [5.41, 5.74) is 2.58. The van der Waals surface area contributed by atoms with E-state index in [4.69, 9.17) is 0 Å². The molecule has 1 aromatic heterocycles. The van der Waals surface area contributed by atoms with Crippen molar-refractivity contribution in [2.75, 3.05) is 19.0 Å². The molecule has 0 aliphatic carbocycles. The minimum atomic E-state index is 1.27. The van der Waals surface area contributed by atoms with Gasteiger partial charge in [-0.2, -0.15) is 0 Å². The number of aromatic nitrogens is 1. The van der Waals surface area contributed by atoms with Gasteiger partial charge in [0.1, 0.15) is 0 Å². The summed E-state index contributed by atoms with van der Waals surface area (Å²) in [7, 11) is 6.29. The Bertz CT molecular complexity index is 693. The number of rotatable bonds is 1. The van der Waals surface area contributed by atoms with Crippen LogP contribution in [0.25, 0.3) is 21.7 Å². The maximum atomic E-state index is 2.20. The van der Waals surface area contributed by atoms with E-state index in [1.54, 1.807) is 0 Å². The highest BCUT2D eigenvalue weighted by Crippen LogP contribution is 2.32. The molecule has 0 aliphatic rings. The van der Waals surface area contributed by atoms with Crippen molar-refractivity contribution in [2.45, 2.75) is 0 Å². The second kappa shape index (κ2) is 3.52. The molecule has 0 amide bonds. The second-order valence-corrected chi connectivity index (χ2v) is 4.70. The van der Waals surface area contributed by atoms with Gasteiger partial charge in [0.2, 0.25) is 0 Å². The molecule has 0 bridgehead atoms. The largest absolute Gasteiger partial charge is 0.377 e. The molecule has 0 radical (unpaired) electrons. The van der Waals surface area contributed by atoms with Crippen molar-refractivity contribution in [1.29, 1.82) is 0 Å². The van der Waals surface area contributed by atoms with Crippen LogP contribution in [-0.4, -0.2) is 18.7 Å². The monoisotopic (exact) mass is 224 g/mol. The molecule has 0 unspecified atom stereocenters. The predicted molar refractivity (Wildman–Crippen MR) is 74.8 cm³/mol. The van der Waals surface area contributed by atoms with Crippen LogP contribution in [0.5, 0.6) is 0 Å². The maximum absolute atomic E-state index is 2.20. The van der Waals surface area contributed by atoms with Crippen LogP contribution in [0.2, 0.25) is 0 Å². The van der Waals surface area contributed by atoms with Gasteiger partial charge in [-0.25, -0.2) is 0 Å². The number of fused-ring (bicyclic) bond motifs is 3. The summed E-state index contributed by atoms with van der Waals surface area (Å²) in [4.78, 5) is 2.18. The van der Waals surface area contributed by atoms with Crippen molar-refractivity contribution in [1.82, 2.24) is 4.57 Å². The van der Waals surface area contributed by atoms with E-state index < -0.39 is 0 Å². The molecule has 0 spiro atoms. The average Bonchev–Trinajstić information content (AvgIpc) is 2.70. The molecule has 17 heavy (non-hydrogen) atoms.